The van der Waals surface area contributed by atoms with Gasteiger partial charge in [0, 0.05) is 13.1 Å². The number of hydrogen-bond acceptors (Lipinski definition) is 3. The fraction of sp³-hybridized carbons (Fsp3) is 0.812. The number of nitrogens with zero attached hydrogens (tertiary/aromatic N) is 1. The van der Waals surface area contributed by atoms with E-state index < -0.39 is 9.84 Å². The van der Waals surface area contributed by atoms with Crippen molar-refractivity contribution in [1.82, 2.24) is 4.90 Å². The lowest BCUT2D eigenvalue weighted by atomic mass is 9.64. The first-order valence-corrected chi connectivity index (χ1v) is 9.71. The Morgan fingerprint density at radius 1 is 1.24 bits per heavy atom. The Morgan fingerprint density at radius 2 is 1.86 bits per heavy atom. The first-order valence-electron chi connectivity index (χ1n) is 7.89. The maximum atomic E-state index is 12.2. The second-order valence-electron chi connectivity index (χ2n) is 7.22. The summed E-state index contributed by atoms with van der Waals surface area (Å²) in [6.45, 7) is 7.46. The average Bonchev–Trinajstić information content (AvgIpc) is 2.37. The normalized spacial score (nSPS) is 32.2. The molecule has 1 amide bonds. The summed E-state index contributed by atoms with van der Waals surface area (Å²) < 4.78 is 22.8. The van der Waals surface area contributed by atoms with E-state index in [9.17, 15) is 13.2 Å². The van der Waals surface area contributed by atoms with Gasteiger partial charge in [-0.25, -0.2) is 8.42 Å². The van der Waals surface area contributed by atoms with Crippen molar-refractivity contribution in [1.29, 1.82) is 0 Å². The number of sulfone groups is 1. The van der Waals surface area contributed by atoms with E-state index in [-0.39, 0.29) is 22.8 Å². The molecule has 21 heavy (non-hydrogen) atoms. The molecule has 2 atom stereocenters. The predicted molar refractivity (Wildman–Crippen MR) is 84.7 cm³/mol. The Kier molecular flexibility index (Phi) is 4.81. The zero-order chi connectivity index (χ0) is 15.7. The molecule has 0 spiro atoms. The van der Waals surface area contributed by atoms with Crippen LogP contribution in [0.2, 0.25) is 0 Å². The van der Waals surface area contributed by atoms with Gasteiger partial charge < -0.3 is 4.90 Å². The van der Waals surface area contributed by atoms with Gasteiger partial charge in [0.15, 0.2) is 9.84 Å². The Morgan fingerprint density at radius 3 is 2.43 bits per heavy atom. The van der Waals surface area contributed by atoms with E-state index in [0.29, 0.717) is 24.9 Å². The van der Waals surface area contributed by atoms with Gasteiger partial charge in [0.2, 0.25) is 5.91 Å². The molecule has 4 nitrogen and oxygen atoms in total. The monoisotopic (exact) mass is 313 g/mol. The molecular weight excluding hydrogens is 286 g/mol. The number of allylic oxidation sites excluding steroid dienone is 1. The molecule has 0 aromatic carbocycles. The summed E-state index contributed by atoms with van der Waals surface area (Å²) in [6.07, 6.45) is 7.41. The Labute approximate surface area is 128 Å². The van der Waals surface area contributed by atoms with Crippen molar-refractivity contribution in [2.75, 3.05) is 24.6 Å². The van der Waals surface area contributed by atoms with Crippen LogP contribution >= 0.6 is 0 Å². The third-order valence-corrected chi connectivity index (χ3v) is 6.71. The molecule has 0 aromatic heterocycles. The Hall–Kier alpha value is -0.840. The van der Waals surface area contributed by atoms with Gasteiger partial charge in [0.25, 0.3) is 0 Å². The lowest BCUT2D eigenvalue weighted by Crippen LogP contribution is -2.43. The molecular formula is C16H27NO3S. The van der Waals surface area contributed by atoms with Crippen LogP contribution in [0.1, 0.15) is 40.0 Å². The van der Waals surface area contributed by atoms with Crippen molar-refractivity contribution in [3.8, 4) is 0 Å². The van der Waals surface area contributed by atoms with Crippen molar-refractivity contribution >= 4 is 15.7 Å². The van der Waals surface area contributed by atoms with Crippen molar-refractivity contribution in [2.45, 2.75) is 40.0 Å². The topological polar surface area (TPSA) is 54.5 Å². The lowest BCUT2D eigenvalue weighted by Gasteiger charge is -2.41. The summed E-state index contributed by atoms with van der Waals surface area (Å²) in [6, 6.07) is 0. The third-order valence-electron chi connectivity index (χ3n) is 5.10. The van der Waals surface area contributed by atoms with Gasteiger partial charge in [-0.1, -0.05) is 39.7 Å². The highest BCUT2D eigenvalue weighted by molar-refractivity contribution is 7.91. The highest BCUT2D eigenvalue weighted by Gasteiger charge is 2.35. The summed E-state index contributed by atoms with van der Waals surface area (Å²) >= 11 is 0. The molecule has 1 aliphatic heterocycles. The van der Waals surface area contributed by atoms with E-state index in [1.807, 2.05) is 0 Å². The second-order valence-corrected chi connectivity index (χ2v) is 9.52. The van der Waals surface area contributed by atoms with Gasteiger partial charge in [0.05, 0.1) is 11.5 Å². The summed E-state index contributed by atoms with van der Waals surface area (Å²) in [5, 5.41) is 0. The molecule has 0 aromatic rings. The van der Waals surface area contributed by atoms with E-state index in [2.05, 4.69) is 26.8 Å². The number of rotatable bonds is 2. The van der Waals surface area contributed by atoms with Crippen molar-refractivity contribution in [2.24, 2.45) is 17.3 Å². The SMILES string of the molecule is CC1CCCC(C)(C)C1C=CC(=O)N1CCS(=O)(=O)CC1. The molecule has 5 heteroatoms. The van der Waals surface area contributed by atoms with Crippen LogP contribution in [0.25, 0.3) is 0 Å². The van der Waals surface area contributed by atoms with Gasteiger partial charge in [-0.05, 0) is 29.7 Å². The second kappa shape index (κ2) is 6.11. The third kappa shape index (κ3) is 4.09. The fourth-order valence-corrected chi connectivity index (χ4v) is 4.87. The number of hydrogen-bond donors (Lipinski definition) is 0. The van der Waals surface area contributed by atoms with Crippen LogP contribution < -0.4 is 0 Å². The standard InChI is InChI=1S/C16H27NO3S/c1-13-5-4-8-16(2,3)14(13)6-7-15(18)17-9-11-21(19,20)12-10-17/h6-7,13-14H,4-5,8-12H2,1-3H3. The van der Waals surface area contributed by atoms with Crippen LogP contribution in [0.5, 0.6) is 0 Å². The van der Waals surface area contributed by atoms with Gasteiger partial charge in [-0.15, -0.1) is 0 Å². The zero-order valence-electron chi connectivity index (χ0n) is 13.3. The smallest absolute Gasteiger partial charge is 0.246 e. The van der Waals surface area contributed by atoms with Gasteiger partial charge in [-0.2, -0.15) is 0 Å². The summed E-state index contributed by atoms with van der Waals surface area (Å²) in [7, 11) is -2.93. The van der Waals surface area contributed by atoms with Crippen LogP contribution in [0.4, 0.5) is 0 Å². The molecule has 1 saturated heterocycles. The van der Waals surface area contributed by atoms with Crippen LogP contribution in [-0.2, 0) is 14.6 Å². The van der Waals surface area contributed by atoms with Crippen LogP contribution in [0.3, 0.4) is 0 Å². The van der Waals surface area contributed by atoms with Crippen LogP contribution in [0, 0.1) is 17.3 Å². The highest BCUT2D eigenvalue weighted by Crippen LogP contribution is 2.44. The average molecular weight is 313 g/mol. The van der Waals surface area contributed by atoms with Crippen molar-refractivity contribution < 1.29 is 13.2 Å². The predicted octanol–water partition coefficient (Wildman–Crippen LogP) is 2.26. The number of carbonyl (C=O) groups is 1. The van der Waals surface area contributed by atoms with Crippen molar-refractivity contribution in [3.63, 3.8) is 0 Å². The highest BCUT2D eigenvalue weighted by atomic mass is 32.2. The molecule has 1 saturated carbocycles. The van der Waals surface area contributed by atoms with Crippen LogP contribution in [0.15, 0.2) is 12.2 Å². The molecule has 2 rings (SSSR count). The minimum Gasteiger partial charge on any atom is -0.337 e. The summed E-state index contributed by atoms with van der Waals surface area (Å²) in [5.41, 5.74) is 0.236. The number of amides is 1. The molecule has 1 aliphatic carbocycles. The van der Waals surface area contributed by atoms with E-state index >= 15 is 0 Å². The molecule has 2 fully saturated rings. The fourth-order valence-electron chi connectivity index (χ4n) is 3.67. The Balaban J connectivity index is 1.98. The van der Waals surface area contributed by atoms with Gasteiger partial charge in [0.1, 0.15) is 0 Å². The quantitative estimate of drug-likeness (QED) is 0.735. The molecule has 0 radical (unpaired) electrons. The summed E-state index contributed by atoms with van der Waals surface area (Å²) in [5.74, 6) is 1.16. The number of carbonyl (C=O) groups excluding carboxylic acids is 1. The maximum Gasteiger partial charge on any atom is 0.246 e. The minimum absolute atomic E-state index is 0.0431. The first-order chi connectivity index (χ1) is 9.71. The summed E-state index contributed by atoms with van der Waals surface area (Å²) in [4.78, 5) is 13.9. The van der Waals surface area contributed by atoms with Crippen molar-refractivity contribution in [3.05, 3.63) is 12.2 Å². The van der Waals surface area contributed by atoms with E-state index in [1.165, 1.54) is 19.3 Å². The zero-order valence-corrected chi connectivity index (χ0v) is 14.2. The molecule has 120 valence electrons. The lowest BCUT2D eigenvalue weighted by molar-refractivity contribution is -0.125. The molecule has 0 N–H and O–H groups in total. The van der Waals surface area contributed by atoms with Crippen LogP contribution in [-0.4, -0.2) is 43.8 Å². The molecule has 2 unspecified atom stereocenters. The van der Waals surface area contributed by atoms with E-state index in [1.54, 1.807) is 11.0 Å². The minimum atomic E-state index is -2.93. The largest absolute Gasteiger partial charge is 0.337 e. The molecule has 0 bridgehead atoms. The molecule has 2 aliphatic rings. The van der Waals surface area contributed by atoms with E-state index in [4.69, 9.17) is 0 Å². The first kappa shape index (κ1) is 16.5. The Bertz CT molecular complexity index is 508. The van der Waals surface area contributed by atoms with E-state index in [0.717, 1.165) is 0 Å². The van der Waals surface area contributed by atoms with Gasteiger partial charge >= 0.3 is 0 Å². The van der Waals surface area contributed by atoms with Gasteiger partial charge in [-0.3, -0.25) is 4.79 Å². The molecule has 1 heterocycles. The maximum absolute atomic E-state index is 12.2.